The van der Waals surface area contributed by atoms with Crippen molar-refractivity contribution in [2.45, 2.75) is 26.8 Å². The molecule has 1 aromatic carbocycles. The Hall–Kier alpha value is -0.890. The second-order valence-corrected chi connectivity index (χ2v) is 2.56. The predicted molar refractivity (Wildman–Crippen MR) is 55.2 cm³/mol. The van der Waals surface area contributed by atoms with Gasteiger partial charge in [-0.2, -0.15) is 0 Å². The maximum absolute atomic E-state index is 12.4. The topological polar surface area (TPSA) is 12.0 Å². The molecule has 0 spiro atoms. The average Bonchev–Trinajstić information content (AvgIpc) is 2.21. The van der Waals surface area contributed by atoms with Gasteiger partial charge in [-0.15, -0.1) is 0 Å². The van der Waals surface area contributed by atoms with Crippen LogP contribution in [0.3, 0.4) is 0 Å². The normalized spacial score (nSPS) is 11.5. The van der Waals surface area contributed by atoms with Crippen LogP contribution in [0, 0.1) is 5.82 Å². The molecule has 0 amide bonds. The zero-order valence-corrected chi connectivity index (χ0v) is 8.76. The van der Waals surface area contributed by atoms with E-state index < -0.39 is 0 Å². The first-order chi connectivity index (χ1) is 6.24. The fourth-order valence-electron chi connectivity index (χ4n) is 0.918. The van der Waals surface area contributed by atoms with Gasteiger partial charge < -0.3 is 5.32 Å². The maximum Gasteiger partial charge on any atom is 0.123 e. The van der Waals surface area contributed by atoms with Gasteiger partial charge in [-0.05, 0) is 31.7 Å². The Balaban J connectivity index is 0.000000671. The van der Waals surface area contributed by atoms with Gasteiger partial charge >= 0.3 is 0 Å². The van der Waals surface area contributed by atoms with Crippen molar-refractivity contribution in [3.8, 4) is 0 Å². The van der Waals surface area contributed by atoms with Gasteiger partial charge in [-0.3, -0.25) is 0 Å². The molecule has 1 aromatic rings. The zero-order chi connectivity index (χ0) is 10.3. The Bertz CT molecular complexity index is 218. The first kappa shape index (κ1) is 12.1. The lowest BCUT2D eigenvalue weighted by Gasteiger charge is -2.09. The van der Waals surface area contributed by atoms with E-state index in [0.717, 1.165) is 5.56 Å². The summed E-state index contributed by atoms with van der Waals surface area (Å²) in [4.78, 5) is 0. The Labute approximate surface area is 80.0 Å². The lowest BCUT2D eigenvalue weighted by molar-refractivity contribution is 0.619. The van der Waals surface area contributed by atoms with Crippen LogP contribution in [0.25, 0.3) is 0 Å². The summed E-state index contributed by atoms with van der Waals surface area (Å²) in [6, 6.07) is 6.81. The lowest BCUT2D eigenvalue weighted by Crippen LogP contribution is -2.11. The van der Waals surface area contributed by atoms with Gasteiger partial charge in [0, 0.05) is 6.04 Å². The number of halogens is 1. The van der Waals surface area contributed by atoms with E-state index in [2.05, 4.69) is 5.32 Å². The third-order valence-corrected chi connectivity index (χ3v) is 1.80. The molecule has 1 nitrogen and oxygen atoms in total. The van der Waals surface area contributed by atoms with Gasteiger partial charge in [-0.1, -0.05) is 26.0 Å². The molecular formula is C11H18FN. The van der Waals surface area contributed by atoms with E-state index >= 15 is 0 Å². The molecule has 0 radical (unpaired) electrons. The Morgan fingerprint density at radius 3 is 2.00 bits per heavy atom. The molecule has 1 rings (SSSR count). The van der Waals surface area contributed by atoms with Gasteiger partial charge in [0.25, 0.3) is 0 Å². The fourth-order valence-corrected chi connectivity index (χ4v) is 0.918. The number of hydrogen-bond donors (Lipinski definition) is 1. The highest BCUT2D eigenvalue weighted by molar-refractivity contribution is 5.18. The maximum atomic E-state index is 12.4. The van der Waals surface area contributed by atoms with Crippen LogP contribution >= 0.6 is 0 Å². The number of rotatable bonds is 2. The molecule has 1 atom stereocenters. The molecule has 74 valence electrons. The van der Waals surface area contributed by atoms with Gasteiger partial charge in [-0.25, -0.2) is 4.39 Å². The summed E-state index contributed by atoms with van der Waals surface area (Å²) in [5.74, 6) is -0.183. The summed E-state index contributed by atoms with van der Waals surface area (Å²) in [7, 11) is 1.88. The van der Waals surface area contributed by atoms with Crippen molar-refractivity contribution < 1.29 is 4.39 Å². The first-order valence-electron chi connectivity index (χ1n) is 4.67. The Kier molecular flexibility index (Phi) is 6.15. The van der Waals surface area contributed by atoms with Crippen LogP contribution < -0.4 is 5.32 Å². The Morgan fingerprint density at radius 1 is 1.15 bits per heavy atom. The molecular weight excluding hydrogens is 165 g/mol. The first-order valence-corrected chi connectivity index (χ1v) is 4.67. The molecule has 13 heavy (non-hydrogen) atoms. The summed E-state index contributed by atoms with van der Waals surface area (Å²) in [5.41, 5.74) is 1.11. The molecule has 0 saturated carbocycles. The van der Waals surface area contributed by atoms with Crippen molar-refractivity contribution in [3.63, 3.8) is 0 Å². The standard InChI is InChI=1S/C9H12FN.C2H6/c1-7(11-2)8-3-5-9(10)6-4-8;1-2/h3-7,11H,1-2H3;1-2H3/t7-;/m0./s1. The van der Waals surface area contributed by atoms with Gasteiger partial charge in [0.2, 0.25) is 0 Å². The van der Waals surface area contributed by atoms with E-state index in [4.69, 9.17) is 0 Å². The highest BCUT2D eigenvalue weighted by Crippen LogP contribution is 2.11. The smallest absolute Gasteiger partial charge is 0.123 e. The molecule has 0 unspecified atom stereocenters. The number of hydrogen-bond acceptors (Lipinski definition) is 1. The van der Waals surface area contributed by atoms with Gasteiger partial charge in [0.15, 0.2) is 0 Å². The largest absolute Gasteiger partial charge is 0.313 e. The van der Waals surface area contributed by atoms with Crippen molar-refractivity contribution in [3.05, 3.63) is 35.6 Å². The SMILES string of the molecule is CC.CN[C@@H](C)c1ccc(F)cc1. The van der Waals surface area contributed by atoms with Gasteiger partial charge in [0.05, 0.1) is 0 Å². The van der Waals surface area contributed by atoms with E-state index in [1.807, 2.05) is 27.8 Å². The van der Waals surface area contributed by atoms with E-state index in [1.54, 1.807) is 12.1 Å². The summed E-state index contributed by atoms with van der Waals surface area (Å²) < 4.78 is 12.4. The molecule has 0 aliphatic rings. The van der Waals surface area contributed by atoms with Crippen LogP contribution in [0.5, 0.6) is 0 Å². The highest BCUT2D eigenvalue weighted by Gasteiger charge is 2.00. The summed E-state index contributed by atoms with van der Waals surface area (Å²) >= 11 is 0. The summed E-state index contributed by atoms with van der Waals surface area (Å²) in [6.45, 7) is 6.03. The van der Waals surface area contributed by atoms with E-state index in [0.29, 0.717) is 0 Å². The van der Waals surface area contributed by atoms with E-state index in [1.165, 1.54) is 12.1 Å². The molecule has 1 N–H and O–H groups in total. The van der Waals surface area contributed by atoms with Crippen molar-refractivity contribution in [2.24, 2.45) is 0 Å². The molecule has 0 fully saturated rings. The third-order valence-electron chi connectivity index (χ3n) is 1.80. The summed E-state index contributed by atoms with van der Waals surface area (Å²) in [5, 5.41) is 3.08. The summed E-state index contributed by atoms with van der Waals surface area (Å²) in [6.07, 6.45) is 0. The molecule has 0 aliphatic carbocycles. The van der Waals surface area contributed by atoms with Gasteiger partial charge in [0.1, 0.15) is 5.82 Å². The molecule has 2 heteroatoms. The highest BCUT2D eigenvalue weighted by atomic mass is 19.1. The van der Waals surface area contributed by atoms with Crippen LogP contribution in [0.4, 0.5) is 4.39 Å². The number of benzene rings is 1. The average molecular weight is 183 g/mol. The van der Waals surface area contributed by atoms with Crippen LogP contribution in [0.1, 0.15) is 32.4 Å². The molecule has 0 saturated heterocycles. The second-order valence-electron chi connectivity index (χ2n) is 2.56. The van der Waals surface area contributed by atoms with E-state index in [9.17, 15) is 4.39 Å². The second kappa shape index (κ2) is 6.61. The zero-order valence-electron chi connectivity index (χ0n) is 8.76. The predicted octanol–water partition coefficient (Wildman–Crippen LogP) is 3.13. The quantitative estimate of drug-likeness (QED) is 0.742. The minimum absolute atomic E-state index is 0.183. The molecule has 0 aliphatic heterocycles. The third kappa shape index (κ3) is 4.04. The van der Waals surface area contributed by atoms with Crippen molar-refractivity contribution in [1.82, 2.24) is 5.32 Å². The molecule has 0 bridgehead atoms. The lowest BCUT2D eigenvalue weighted by atomic mass is 10.1. The van der Waals surface area contributed by atoms with Crippen molar-refractivity contribution in [2.75, 3.05) is 7.05 Å². The molecule has 0 heterocycles. The van der Waals surface area contributed by atoms with Crippen molar-refractivity contribution in [1.29, 1.82) is 0 Å². The molecule has 0 aromatic heterocycles. The van der Waals surface area contributed by atoms with Crippen molar-refractivity contribution >= 4 is 0 Å². The fraction of sp³-hybridized carbons (Fsp3) is 0.455. The van der Waals surface area contributed by atoms with Crippen LogP contribution in [0.15, 0.2) is 24.3 Å². The van der Waals surface area contributed by atoms with Crippen LogP contribution in [0.2, 0.25) is 0 Å². The monoisotopic (exact) mass is 183 g/mol. The van der Waals surface area contributed by atoms with E-state index in [-0.39, 0.29) is 11.9 Å². The van der Waals surface area contributed by atoms with Crippen LogP contribution in [-0.4, -0.2) is 7.05 Å². The Morgan fingerprint density at radius 2 is 1.62 bits per heavy atom. The minimum Gasteiger partial charge on any atom is -0.313 e. The van der Waals surface area contributed by atoms with Crippen LogP contribution in [-0.2, 0) is 0 Å². The minimum atomic E-state index is -0.183. The number of nitrogens with one attached hydrogen (secondary N) is 1.